The largest absolute Gasteiger partial charge is 0.317 e. The highest BCUT2D eigenvalue weighted by Crippen LogP contribution is 2.28. The maximum atomic E-state index is 13.4. The lowest BCUT2D eigenvalue weighted by Gasteiger charge is -2.43. The normalized spacial score (nSPS) is 17.8. The number of hydrogen-bond donors (Lipinski definition) is 1. The molecule has 1 fully saturated rings. The smallest absolute Gasteiger partial charge is 0.249 e. The highest BCUT2D eigenvalue weighted by molar-refractivity contribution is 5.97. The summed E-state index contributed by atoms with van der Waals surface area (Å²) in [7, 11) is 3.79. The minimum Gasteiger partial charge on any atom is -0.317 e. The molecule has 0 unspecified atom stereocenters. The molecule has 2 amide bonds. The minimum absolute atomic E-state index is 0.114. The molecule has 7 heteroatoms. The zero-order valence-electron chi connectivity index (χ0n) is 21.5. The second-order valence-electron chi connectivity index (χ2n) is 10.2. The number of amides is 2. The summed E-state index contributed by atoms with van der Waals surface area (Å²) in [6, 6.07) is 2.08. The van der Waals surface area contributed by atoms with E-state index in [4.69, 9.17) is 0 Å². The molecular weight excluding hydrogens is 414 g/mol. The number of carbonyl (C=O) groups is 2. The summed E-state index contributed by atoms with van der Waals surface area (Å²) in [5, 5.41) is 12.5. The Labute approximate surface area is 199 Å². The van der Waals surface area contributed by atoms with Crippen LogP contribution in [0.25, 0.3) is 0 Å². The summed E-state index contributed by atoms with van der Waals surface area (Å²) in [5.41, 5.74) is 2.23. The molecule has 1 saturated heterocycles. The average Bonchev–Trinajstić information content (AvgIpc) is 2.77. The number of nitriles is 1. The fraction of sp³-hybridized carbons (Fsp3) is 0.615. The highest BCUT2D eigenvalue weighted by Gasteiger charge is 2.44. The van der Waals surface area contributed by atoms with Gasteiger partial charge in [-0.05, 0) is 77.7 Å². The van der Waals surface area contributed by atoms with Gasteiger partial charge < -0.3 is 5.32 Å². The maximum absolute atomic E-state index is 13.4. The van der Waals surface area contributed by atoms with Crippen LogP contribution in [0.5, 0.6) is 0 Å². The molecule has 0 aliphatic carbocycles. The van der Waals surface area contributed by atoms with Crippen molar-refractivity contribution < 1.29 is 9.59 Å². The van der Waals surface area contributed by atoms with Crippen molar-refractivity contribution in [2.45, 2.75) is 65.8 Å². The third-order valence-electron chi connectivity index (χ3n) is 6.02. The van der Waals surface area contributed by atoms with Crippen LogP contribution in [0.15, 0.2) is 40.6 Å². The van der Waals surface area contributed by atoms with Crippen molar-refractivity contribution in [2.24, 2.45) is 10.4 Å². The van der Waals surface area contributed by atoms with Crippen molar-refractivity contribution in [1.82, 2.24) is 15.1 Å². The lowest BCUT2D eigenvalue weighted by molar-refractivity contribution is -0.148. The van der Waals surface area contributed by atoms with Crippen molar-refractivity contribution in [3.05, 3.63) is 35.6 Å². The molecule has 1 rings (SSSR count). The van der Waals surface area contributed by atoms with Crippen molar-refractivity contribution in [3.8, 4) is 6.07 Å². The fourth-order valence-electron chi connectivity index (χ4n) is 3.94. The first-order chi connectivity index (χ1) is 15.4. The number of aliphatic imine (C=N–C) groups is 1. The number of likely N-dealkylation sites (N-methyl/N-ethyl adjacent to an activating group) is 1. The lowest BCUT2D eigenvalue weighted by atomic mass is 9.85. The van der Waals surface area contributed by atoms with Crippen LogP contribution in [-0.4, -0.2) is 67.1 Å². The standard InChI is InChI=1S/C26H41N5O2/c1-9-22(23(29-21(3)17-27)10-11-25(4,5)6)16-20(2)18-31(19-32)24(33)26(30(7)8)12-14-28-15-13-26/h9,16,19,28H,1,10-15,18H2,2-8H3/b20-16+,23-22+,29-21?. The van der Waals surface area contributed by atoms with E-state index in [9.17, 15) is 14.9 Å². The predicted molar refractivity (Wildman–Crippen MR) is 135 cm³/mol. The van der Waals surface area contributed by atoms with E-state index in [0.29, 0.717) is 31.4 Å². The Morgan fingerprint density at radius 1 is 1.24 bits per heavy atom. The number of allylic oxidation sites excluding steroid dienone is 4. The van der Waals surface area contributed by atoms with Gasteiger partial charge >= 0.3 is 0 Å². The van der Waals surface area contributed by atoms with E-state index in [1.165, 1.54) is 4.90 Å². The van der Waals surface area contributed by atoms with Gasteiger partial charge in [0.2, 0.25) is 12.3 Å². The fourth-order valence-corrected chi connectivity index (χ4v) is 3.94. The summed E-state index contributed by atoms with van der Waals surface area (Å²) < 4.78 is 0. The molecule has 0 aromatic heterocycles. The Kier molecular flexibility index (Phi) is 10.9. The number of carbonyl (C=O) groups excluding carboxylic acids is 2. The van der Waals surface area contributed by atoms with Gasteiger partial charge in [-0.2, -0.15) is 5.26 Å². The third kappa shape index (κ3) is 8.38. The molecule has 1 heterocycles. The van der Waals surface area contributed by atoms with Crippen molar-refractivity contribution in [2.75, 3.05) is 33.7 Å². The second kappa shape index (κ2) is 12.6. The molecular formula is C26H41N5O2. The molecule has 33 heavy (non-hydrogen) atoms. The SMILES string of the molecule is C=CC(/C=C(\C)CN(C=O)C(=O)C1(N(C)C)CCNCC1)=C(/CCC(C)(C)C)N=C(C)C#N. The van der Waals surface area contributed by atoms with E-state index in [-0.39, 0.29) is 17.9 Å². The van der Waals surface area contributed by atoms with Gasteiger partial charge in [0.25, 0.3) is 0 Å². The van der Waals surface area contributed by atoms with Gasteiger partial charge in [-0.3, -0.25) is 19.4 Å². The molecule has 0 spiro atoms. The van der Waals surface area contributed by atoms with Crippen molar-refractivity contribution in [1.29, 1.82) is 5.26 Å². The molecule has 1 N–H and O–H groups in total. The van der Waals surface area contributed by atoms with E-state index < -0.39 is 5.54 Å². The first kappa shape index (κ1) is 28.5. The topological polar surface area (TPSA) is 88.8 Å². The molecule has 1 aliphatic heterocycles. The molecule has 0 atom stereocenters. The molecule has 0 radical (unpaired) electrons. The lowest BCUT2D eigenvalue weighted by Crippen LogP contribution is -2.61. The third-order valence-corrected chi connectivity index (χ3v) is 6.02. The maximum Gasteiger partial charge on any atom is 0.249 e. The highest BCUT2D eigenvalue weighted by atomic mass is 16.2. The van der Waals surface area contributed by atoms with Crippen LogP contribution < -0.4 is 5.32 Å². The van der Waals surface area contributed by atoms with Gasteiger partial charge in [-0.15, -0.1) is 0 Å². The van der Waals surface area contributed by atoms with E-state index in [2.05, 4.69) is 43.7 Å². The van der Waals surface area contributed by atoms with E-state index in [1.807, 2.05) is 32.0 Å². The number of nitrogens with zero attached hydrogens (tertiary/aromatic N) is 4. The van der Waals surface area contributed by atoms with Gasteiger partial charge in [0, 0.05) is 12.2 Å². The average molecular weight is 456 g/mol. The minimum atomic E-state index is -0.685. The zero-order chi connectivity index (χ0) is 25.2. The van der Waals surface area contributed by atoms with Crippen LogP contribution >= 0.6 is 0 Å². The second-order valence-corrected chi connectivity index (χ2v) is 10.2. The Morgan fingerprint density at radius 2 is 1.85 bits per heavy atom. The van der Waals surface area contributed by atoms with Gasteiger partial charge in [0.1, 0.15) is 17.3 Å². The Balaban J connectivity index is 3.26. The number of imide groups is 1. The van der Waals surface area contributed by atoms with Gasteiger partial charge in [0.15, 0.2) is 0 Å². The zero-order valence-corrected chi connectivity index (χ0v) is 21.5. The molecule has 7 nitrogen and oxygen atoms in total. The number of hydrogen-bond acceptors (Lipinski definition) is 6. The van der Waals surface area contributed by atoms with Gasteiger partial charge in [-0.1, -0.05) is 45.1 Å². The van der Waals surface area contributed by atoms with Crippen LogP contribution in [0.2, 0.25) is 0 Å². The summed E-state index contributed by atoms with van der Waals surface area (Å²) in [5.74, 6) is -0.174. The van der Waals surface area contributed by atoms with E-state index in [1.54, 1.807) is 13.0 Å². The molecule has 182 valence electrons. The number of nitrogens with one attached hydrogen (secondary N) is 1. The van der Waals surface area contributed by atoms with E-state index >= 15 is 0 Å². The molecule has 0 bridgehead atoms. The summed E-state index contributed by atoms with van der Waals surface area (Å²) in [6.45, 7) is 15.7. The quantitative estimate of drug-likeness (QED) is 0.307. The van der Waals surface area contributed by atoms with Crippen LogP contribution in [0.4, 0.5) is 0 Å². The van der Waals surface area contributed by atoms with Crippen LogP contribution in [0.3, 0.4) is 0 Å². The molecule has 0 saturated carbocycles. The van der Waals surface area contributed by atoms with Gasteiger partial charge in [-0.25, -0.2) is 4.99 Å². The monoisotopic (exact) mass is 455 g/mol. The molecule has 0 aromatic rings. The van der Waals surface area contributed by atoms with Crippen LogP contribution in [0, 0.1) is 16.7 Å². The predicted octanol–water partition coefficient (Wildman–Crippen LogP) is 3.85. The van der Waals surface area contributed by atoms with E-state index in [0.717, 1.165) is 36.4 Å². The van der Waals surface area contributed by atoms with Crippen molar-refractivity contribution >= 4 is 18.0 Å². The number of rotatable bonds is 10. The molecule has 1 aliphatic rings. The Bertz CT molecular complexity index is 847. The summed E-state index contributed by atoms with van der Waals surface area (Å²) in [4.78, 5) is 33.1. The first-order valence-electron chi connectivity index (χ1n) is 11.5. The first-order valence-corrected chi connectivity index (χ1v) is 11.5. The van der Waals surface area contributed by atoms with Crippen LogP contribution in [-0.2, 0) is 9.59 Å². The summed E-state index contributed by atoms with van der Waals surface area (Å²) in [6.07, 6.45) is 7.16. The number of piperidine rings is 1. The van der Waals surface area contributed by atoms with Gasteiger partial charge in [0.05, 0.1) is 0 Å². The Hall–Kier alpha value is -2.56. The Morgan fingerprint density at radius 3 is 2.30 bits per heavy atom. The van der Waals surface area contributed by atoms with Crippen molar-refractivity contribution in [3.63, 3.8) is 0 Å². The van der Waals surface area contributed by atoms with Crippen LogP contribution in [0.1, 0.15) is 60.3 Å². The summed E-state index contributed by atoms with van der Waals surface area (Å²) >= 11 is 0. The molecule has 0 aromatic carbocycles.